The highest BCUT2D eigenvalue weighted by Crippen LogP contribution is 2.45. The van der Waals surface area contributed by atoms with Gasteiger partial charge in [0.2, 0.25) is 5.91 Å². The Bertz CT molecular complexity index is 790. The fraction of sp³-hybridized carbons (Fsp3) is 0.550. The van der Waals surface area contributed by atoms with E-state index in [9.17, 15) is 4.79 Å². The van der Waals surface area contributed by atoms with Gasteiger partial charge in [0.15, 0.2) is 0 Å². The minimum atomic E-state index is -0.267. The molecule has 1 saturated heterocycles. The molecule has 2 heterocycles. The molecule has 0 bridgehead atoms. The molecule has 4 heteroatoms. The predicted octanol–water partition coefficient (Wildman–Crippen LogP) is 2.95. The Morgan fingerprint density at radius 1 is 1.38 bits per heavy atom. The van der Waals surface area contributed by atoms with Crippen LogP contribution in [0.2, 0.25) is 0 Å². The van der Waals surface area contributed by atoms with Crippen molar-refractivity contribution in [3.8, 4) is 0 Å². The van der Waals surface area contributed by atoms with Crippen LogP contribution in [0.15, 0.2) is 18.2 Å². The summed E-state index contributed by atoms with van der Waals surface area (Å²) in [7, 11) is 0. The number of fused-ring (bicyclic) bond motifs is 2. The third-order valence-electron chi connectivity index (χ3n) is 6.04. The quantitative estimate of drug-likeness (QED) is 0.939. The maximum absolute atomic E-state index is 11.5. The van der Waals surface area contributed by atoms with Crippen molar-refractivity contribution in [2.24, 2.45) is 5.73 Å². The fourth-order valence-electron chi connectivity index (χ4n) is 5.09. The molecule has 1 amide bonds. The van der Waals surface area contributed by atoms with Crippen LogP contribution in [0, 0.1) is 6.92 Å². The second-order valence-electron chi connectivity index (χ2n) is 7.41. The number of benzene rings is 1. The molecular weight excluding hydrogens is 298 g/mol. The summed E-state index contributed by atoms with van der Waals surface area (Å²) in [6, 6.07) is 7.22. The maximum atomic E-state index is 11.5. The Morgan fingerprint density at radius 2 is 2.21 bits per heavy atom. The van der Waals surface area contributed by atoms with Crippen molar-refractivity contribution in [1.29, 1.82) is 0 Å². The van der Waals surface area contributed by atoms with E-state index in [0.29, 0.717) is 12.0 Å². The molecule has 0 saturated carbocycles. The van der Waals surface area contributed by atoms with Gasteiger partial charge in [0.1, 0.15) is 6.54 Å². The molecule has 4 rings (SSSR count). The van der Waals surface area contributed by atoms with Crippen LogP contribution < -0.4 is 5.73 Å². The summed E-state index contributed by atoms with van der Waals surface area (Å²) in [5.41, 5.74) is 10.8. The van der Waals surface area contributed by atoms with E-state index < -0.39 is 0 Å². The maximum Gasteiger partial charge on any atom is 0.237 e. The number of likely N-dealkylation sites (tertiary alicyclic amines) is 1. The number of hydrogen-bond donors (Lipinski definition) is 1. The zero-order valence-electron chi connectivity index (χ0n) is 14.7. The normalized spacial score (nSPS) is 23.4. The Hall–Kier alpha value is -1.81. The van der Waals surface area contributed by atoms with E-state index in [2.05, 4.69) is 41.5 Å². The van der Waals surface area contributed by atoms with Gasteiger partial charge in [-0.2, -0.15) is 0 Å². The number of primary amides is 1. The number of hydrogen-bond acceptors (Lipinski definition) is 2. The van der Waals surface area contributed by atoms with Gasteiger partial charge in [0.05, 0.1) is 0 Å². The minimum absolute atomic E-state index is 0.267. The number of rotatable bonds is 4. The monoisotopic (exact) mass is 325 g/mol. The van der Waals surface area contributed by atoms with Crippen molar-refractivity contribution in [3.05, 3.63) is 35.0 Å². The Labute approximate surface area is 143 Å². The number of carbonyl (C=O) groups is 1. The molecule has 1 aromatic carbocycles. The second kappa shape index (κ2) is 5.92. The highest BCUT2D eigenvalue weighted by atomic mass is 16.1. The van der Waals surface area contributed by atoms with Gasteiger partial charge in [-0.1, -0.05) is 19.1 Å². The molecule has 2 N–H and O–H groups in total. The van der Waals surface area contributed by atoms with Crippen molar-refractivity contribution >= 4 is 16.8 Å². The summed E-state index contributed by atoms with van der Waals surface area (Å²) in [6.07, 6.45) is 4.88. The Kier molecular flexibility index (Phi) is 3.87. The summed E-state index contributed by atoms with van der Waals surface area (Å²) in [5.74, 6) is 0.363. The molecule has 0 unspecified atom stereocenters. The third-order valence-corrected chi connectivity index (χ3v) is 6.04. The lowest BCUT2D eigenvalue weighted by molar-refractivity contribution is -0.118. The third kappa shape index (κ3) is 2.27. The van der Waals surface area contributed by atoms with E-state index in [-0.39, 0.29) is 12.5 Å². The summed E-state index contributed by atoms with van der Waals surface area (Å²) < 4.78 is 2.12. The fourth-order valence-corrected chi connectivity index (χ4v) is 5.09. The van der Waals surface area contributed by atoms with Crippen LogP contribution >= 0.6 is 0 Å². The van der Waals surface area contributed by atoms with Gasteiger partial charge >= 0.3 is 0 Å². The molecule has 0 spiro atoms. The largest absolute Gasteiger partial charge is 0.368 e. The van der Waals surface area contributed by atoms with Gasteiger partial charge in [0.25, 0.3) is 0 Å². The summed E-state index contributed by atoms with van der Waals surface area (Å²) in [6.45, 7) is 7.11. The molecule has 1 aliphatic heterocycles. The molecule has 1 aliphatic carbocycles. The van der Waals surface area contributed by atoms with Crippen LogP contribution in [-0.2, 0) is 17.8 Å². The number of nitrogens with two attached hydrogens (primary N) is 1. The Balaban J connectivity index is 1.87. The predicted molar refractivity (Wildman–Crippen MR) is 97.2 cm³/mol. The van der Waals surface area contributed by atoms with Crippen LogP contribution in [0.4, 0.5) is 0 Å². The number of amides is 1. The van der Waals surface area contributed by atoms with Gasteiger partial charge < -0.3 is 10.3 Å². The molecule has 2 atom stereocenters. The second-order valence-corrected chi connectivity index (χ2v) is 7.41. The van der Waals surface area contributed by atoms with E-state index in [1.54, 1.807) is 0 Å². The van der Waals surface area contributed by atoms with E-state index >= 15 is 0 Å². The molecule has 2 aromatic rings. The first-order chi connectivity index (χ1) is 11.6. The van der Waals surface area contributed by atoms with Crippen LogP contribution in [0.3, 0.4) is 0 Å². The number of nitrogens with zero attached hydrogens (tertiary/aromatic N) is 2. The molecular formula is C20H27N3O. The molecule has 0 radical (unpaired) electrons. The summed E-state index contributed by atoms with van der Waals surface area (Å²) in [4.78, 5) is 14.2. The Morgan fingerprint density at radius 3 is 2.96 bits per heavy atom. The van der Waals surface area contributed by atoms with Crippen molar-refractivity contribution < 1.29 is 4.79 Å². The van der Waals surface area contributed by atoms with Gasteiger partial charge in [-0.3, -0.25) is 9.69 Å². The lowest BCUT2D eigenvalue weighted by Crippen LogP contribution is -2.47. The molecule has 1 aromatic heterocycles. The van der Waals surface area contributed by atoms with Crippen molar-refractivity contribution in [2.75, 3.05) is 13.1 Å². The van der Waals surface area contributed by atoms with Gasteiger partial charge in [-0.05, 0) is 62.9 Å². The highest BCUT2D eigenvalue weighted by molar-refractivity contribution is 5.91. The van der Waals surface area contributed by atoms with E-state index in [1.807, 2.05) is 0 Å². The molecule has 2 aliphatic rings. The van der Waals surface area contributed by atoms with E-state index in [4.69, 9.17) is 5.73 Å². The molecule has 24 heavy (non-hydrogen) atoms. The average molecular weight is 325 g/mol. The summed E-state index contributed by atoms with van der Waals surface area (Å²) in [5, 5.41) is 1.40. The number of aromatic nitrogens is 1. The van der Waals surface area contributed by atoms with Crippen LogP contribution in [-0.4, -0.2) is 34.5 Å². The lowest BCUT2D eigenvalue weighted by atomic mass is 9.74. The zero-order chi connectivity index (χ0) is 16.8. The van der Waals surface area contributed by atoms with Gasteiger partial charge in [-0.25, -0.2) is 0 Å². The van der Waals surface area contributed by atoms with Crippen LogP contribution in [0.25, 0.3) is 10.9 Å². The van der Waals surface area contributed by atoms with Crippen LogP contribution in [0.1, 0.15) is 48.9 Å². The average Bonchev–Trinajstić information content (AvgIpc) is 2.83. The lowest BCUT2D eigenvalue weighted by Gasteiger charge is -2.44. The van der Waals surface area contributed by atoms with Crippen molar-refractivity contribution in [1.82, 2.24) is 9.47 Å². The topological polar surface area (TPSA) is 51.3 Å². The standard InChI is InChI=1S/C20H27N3O/c1-3-9-22-10-5-7-14-15-6-4-8-17-20(15)16(11-18(14)22)13(2)23(17)12-19(21)24/h4,6,8,14,18H,3,5,7,9-12H2,1-2H3,(H2,21,24)/t14-,18-/m1/s1. The first-order valence-corrected chi connectivity index (χ1v) is 9.24. The zero-order valence-corrected chi connectivity index (χ0v) is 14.7. The van der Waals surface area contributed by atoms with Crippen molar-refractivity contribution in [2.45, 2.75) is 58.0 Å². The smallest absolute Gasteiger partial charge is 0.237 e. The van der Waals surface area contributed by atoms with E-state index in [0.717, 1.165) is 6.42 Å². The minimum Gasteiger partial charge on any atom is -0.368 e. The molecule has 4 nitrogen and oxygen atoms in total. The van der Waals surface area contributed by atoms with Crippen molar-refractivity contribution in [3.63, 3.8) is 0 Å². The first-order valence-electron chi connectivity index (χ1n) is 9.24. The van der Waals surface area contributed by atoms with E-state index in [1.165, 1.54) is 60.1 Å². The SMILES string of the molecule is CCCN1CCC[C@@H]2c3cccc4c3c(c(C)n4CC(N)=O)C[C@H]21. The van der Waals surface area contributed by atoms with Gasteiger partial charge in [0, 0.05) is 28.6 Å². The number of carbonyl (C=O) groups excluding carboxylic acids is 1. The first kappa shape index (κ1) is 15.7. The summed E-state index contributed by atoms with van der Waals surface area (Å²) >= 11 is 0. The molecule has 128 valence electrons. The number of piperidine rings is 1. The highest BCUT2D eigenvalue weighted by Gasteiger charge is 2.38. The molecule has 1 fully saturated rings. The van der Waals surface area contributed by atoms with Gasteiger partial charge in [-0.15, -0.1) is 0 Å². The van der Waals surface area contributed by atoms with Crippen LogP contribution in [0.5, 0.6) is 0 Å².